The smallest absolute Gasteiger partial charge is 0.306 e. The van der Waals surface area contributed by atoms with Crippen LogP contribution in [0.3, 0.4) is 0 Å². The number of unbranched alkanes of at least 4 members (excludes halogenated alkanes) is 47. The normalized spacial score (nSPS) is 12.0. The standard InChI is InChI=1S/C60H118O4/c1-4-7-10-13-16-19-22-25-26-27-28-29-30-31-32-33-34-35-38-39-42-45-48-51-54-58(64-60(62)56-53-50-47-44-41-37-24-21-18-15-12-9-6-3)57-63-59(61)55-52-49-46-43-40-36-23-20-17-14-11-8-5-2/h58H,4-57H2,1-3H3. The summed E-state index contributed by atoms with van der Waals surface area (Å²) in [6, 6.07) is 0. The van der Waals surface area contributed by atoms with Crippen LogP contribution in [0.1, 0.15) is 361 Å². The summed E-state index contributed by atoms with van der Waals surface area (Å²) in [5.41, 5.74) is 0. The zero-order valence-electron chi connectivity index (χ0n) is 44.4. The minimum atomic E-state index is -0.301. The number of carbonyl (C=O) groups excluding carboxylic acids is 2. The van der Waals surface area contributed by atoms with Crippen molar-refractivity contribution in [2.45, 2.75) is 367 Å². The average molecular weight is 904 g/mol. The Morgan fingerprint density at radius 2 is 0.469 bits per heavy atom. The second kappa shape index (κ2) is 56.3. The first-order valence-electron chi connectivity index (χ1n) is 30.0. The van der Waals surface area contributed by atoms with E-state index in [9.17, 15) is 9.59 Å². The van der Waals surface area contributed by atoms with Gasteiger partial charge in [0.25, 0.3) is 0 Å². The summed E-state index contributed by atoms with van der Waals surface area (Å²) in [6.07, 6.45) is 68.6. The van der Waals surface area contributed by atoms with E-state index in [4.69, 9.17) is 9.47 Å². The van der Waals surface area contributed by atoms with E-state index in [0.29, 0.717) is 12.8 Å². The molecule has 382 valence electrons. The van der Waals surface area contributed by atoms with Gasteiger partial charge in [-0.25, -0.2) is 0 Å². The Kier molecular flexibility index (Phi) is 55.3. The van der Waals surface area contributed by atoms with Crippen molar-refractivity contribution in [1.29, 1.82) is 0 Å². The lowest BCUT2D eigenvalue weighted by Gasteiger charge is -2.18. The van der Waals surface area contributed by atoms with Gasteiger partial charge in [0.1, 0.15) is 12.7 Å². The molecule has 0 spiro atoms. The van der Waals surface area contributed by atoms with Gasteiger partial charge in [-0.05, 0) is 25.7 Å². The lowest BCUT2D eigenvalue weighted by molar-refractivity contribution is -0.159. The molecule has 64 heavy (non-hydrogen) atoms. The average Bonchev–Trinajstić information content (AvgIpc) is 3.30. The van der Waals surface area contributed by atoms with Gasteiger partial charge in [-0.3, -0.25) is 9.59 Å². The summed E-state index contributed by atoms with van der Waals surface area (Å²) in [4.78, 5) is 25.5. The third-order valence-electron chi connectivity index (χ3n) is 14.1. The molecule has 0 rings (SSSR count). The number of hydrogen-bond acceptors (Lipinski definition) is 4. The molecule has 0 bridgehead atoms. The molecule has 1 unspecified atom stereocenters. The third kappa shape index (κ3) is 53.6. The molecule has 0 fully saturated rings. The fourth-order valence-corrected chi connectivity index (χ4v) is 9.59. The van der Waals surface area contributed by atoms with E-state index in [1.807, 2.05) is 0 Å². The molecule has 1 atom stereocenters. The van der Waals surface area contributed by atoms with Gasteiger partial charge in [-0.2, -0.15) is 0 Å². The first-order chi connectivity index (χ1) is 31.6. The monoisotopic (exact) mass is 903 g/mol. The van der Waals surface area contributed by atoms with Crippen LogP contribution in [0.15, 0.2) is 0 Å². The molecule has 4 nitrogen and oxygen atoms in total. The zero-order chi connectivity index (χ0) is 46.3. The van der Waals surface area contributed by atoms with E-state index >= 15 is 0 Å². The summed E-state index contributed by atoms with van der Waals surface area (Å²) in [6.45, 7) is 7.09. The van der Waals surface area contributed by atoms with Gasteiger partial charge in [0.05, 0.1) is 0 Å². The molecule has 4 heteroatoms. The molecule has 0 aliphatic rings. The highest BCUT2D eigenvalue weighted by Gasteiger charge is 2.17. The molecule has 0 aromatic rings. The highest BCUT2D eigenvalue weighted by molar-refractivity contribution is 5.70. The summed E-state index contributed by atoms with van der Waals surface area (Å²) >= 11 is 0. The van der Waals surface area contributed by atoms with Crippen molar-refractivity contribution in [3.63, 3.8) is 0 Å². The Hall–Kier alpha value is -1.06. The quantitative estimate of drug-likeness (QED) is 0.0451. The highest BCUT2D eigenvalue weighted by Crippen LogP contribution is 2.19. The van der Waals surface area contributed by atoms with Gasteiger partial charge < -0.3 is 9.47 Å². The Bertz CT molecular complexity index is 887. The molecule has 0 saturated heterocycles. The Labute approximate surface area is 403 Å². The number of hydrogen-bond donors (Lipinski definition) is 0. The van der Waals surface area contributed by atoms with Crippen molar-refractivity contribution in [3.05, 3.63) is 0 Å². The number of esters is 2. The van der Waals surface area contributed by atoms with E-state index in [1.165, 1.54) is 289 Å². The molecule has 0 heterocycles. The van der Waals surface area contributed by atoms with Gasteiger partial charge in [0, 0.05) is 12.8 Å². The summed E-state index contributed by atoms with van der Waals surface area (Å²) in [5, 5.41) is 0. The van der Waals surface area contributed by atoms with E-state index in [-0.39, 0.29) is 24.6 Å². The summed E-state index contributed by atoms with van der Waals surface area (Å²) < 4.78 is 11.7. The van der Waals surface area contributed by atoms with Crippen LogP contribution in [-0.4, -0.2) is 24.6 Å². The van der Waals surface area contributed by atoms with Gasteiger partial charge in [-0.1, -0.05) is 323 Å². The van der Waals surface area contributed by atoms with Crippen LogP contribution in [0.4, 0.5) is 0 Å². The topological polar surface area (TPSA) is 52.6 Å². The molecular weight excluding hydrogens is 785 g/mol. The van der Waals surface area contributed by atoms with Crippen LogP contribution in [0.25, 0.3) is 0 Å². The maximum atomic E-state index is 12.9. The molecule has 0 aromatic carbocycles. The van der Waals surface area contributed by atoms with Crippen molar-refractivity contribution < 1.29 is 19.1 Å². The minimum Gasteiger partial charge on any atom is -0.462 e. The second-order valence-corrected chi connectivity index (χ2v) is 20.7. The van der Waals surface area contributed by atoms with Crippen LogP contribution in [0.2, 0.25) is 0 Å². The van der Waals surface area contributed by atoms with Gasteiger partial charge >= 0.3 is 11.9 Å². The molecule has 0 saturated carbocycles. The summed E-state index contributed by atoms with van der Waals surface area (Å²) in [5.74, 6) is -0.231. The first kappa shape index (κ1) is 62.9. The maximum Gasteiger partial charge on any atom is 0.306 e. The van der Waals surface area contributed by atoms with E-state index in [1.54, 1.807) is 0 Å². The van der Waals surface area contributed by atoms with Crippen LogP contribution < -0.4 is 0 Å². The van der Waals surface area contributed by atoms with E-state index < -0.39 is 0 Å². The van der Waals surface area contributed by atoms with Gasteiger partial charge in [0.15, 0.2) is 0 Å². The van der Waals surface area contributed by atoms with Crippen molar-refractivity contribution in [1.82, 2.24) is 0 Å². The lowest BCUT2D eigenvalue weighted by atomic mass is 10.0. The first-order valence-corrected chi connectivity index (χ1v) is 30.0. The van der Waals surface area contributed by atoms with Crippen LogP contribution in [-0.2, 0) is 19.1 Å². The second-order valence-electron chi connectivity index (χ2n) is 20.7. The van der Waals surface area contributed by atoms with Crippen LogP contribution in [0.5, 0.6) is 0 Å². The van der Waals surface area contributed by atoms with Crippen molar-refractivity contribution >= 4 is 11.9 Å². The number of rotatable bonds is 56. The SMILES string of the molecule is CCCCCCCCCCCCCCCCCCCCCCCCCCC(COC(=O)CCCCCCCCCCCCCCC)OC(=O)CCCCCCCCCCCCCCC. The van der Waals surface area contributed by atoms with Crippen molar-refractivity contribution in [2.24, 2.45) is 0 Å². The molecular formula is C60H118O4. The van der Waals surface area contributed by atoms with Crippen LogP contribution in [0, 0.1) is 0 Å². The van der Waals surface area contributed by atoms with E-state index in [0.717, 1.165) is 38.5 Å². The highest BCUT2D eigenvalue weighted by atomic mass is 16.6. The van der Waals surface area contributed by atoms with E-state index in [2.05, 4.69) is 20.8 Å². The number of carbonyl (C=O) groups is 2. The van der Waals surface area contributed by atoms with Crippen molar-refractivity contribution in [3.8, 4) is 0 Å². The molecule has 0 N–H and O–H groups in total. The fourth-order valence-electron chi connectivity index (χ4n) is 9.59. The molecule has 0 radical (unpaired) electrons. The van der Waals surface area contributed by atoms with Crippen LogP contribution >= 0.6 is 0 Å². The Morgan fingerprint density at radius 1 is 0.266 bits per heavy atom. The zero-order valence-corrected chi connectivity index (χ0v) is 44.4. The Morgan fingerprint density at radius 3 is 0.719 bits per heavy atom. The molecule has 0 aliphatic heterocycles. The third-order valence-corrected chi connectivity index (χ3v) is 14.1. The largest absolute Gasteiger partial charge is 0.462 e. The Balaban J connectivity index is 4.10. The molecule has 0 aliphatic carbocycles. The fraction of sp³-hybridized carbons (Fsp3) is 0.967. The lowest BCUT2D eigenvalue weighted by Crippen LogP contribution is -2.25. The minimum absolute atomic E-state index is 0.107. The van der Waals surface area contributed by atoms with Gasteiger partial charge in [0.2, 0.25) is 0 Å². The maximum absolute atomic E-state index is 12.9. The predicted molar refractivity (Wildman–Crippen MR) is 283 cm³/mol. The summed E-state index contributed by atoms with van der Waals surface area (Å²) in [7, 11) is 0. The predicted octanol–water partition coefficient (Wildman–Crippen LogP) is 21.2. The molecule has 0 amide bonds. The number of ether oxygens (including phenoxy) is 2. The van der Waals surface area contributed by atoms with Crippen molar-refractivity contribution in [2.75, 3.05) is 6.61 Å². The molecule has 0 aromatic heterocycles. The van der Waals surface area contributed by atoms with Gasteiger partial charge in [-0.15, -0.1) is 0 Å².